The molecule has 4 N–H and O–H groups in total. The second-order valence-corrected chi connectivity index (χ2v) is 3.10. The van der Waals surface area contributed by atoms with Gasteiger partial charge < -0.3 is 20.6 Å². The largest absolute Gasteiger partial charge is 0.504 e. The Labute approximate surface area is 86.3 Å². The quantitative estimate of drug-likeness (QED) is 0.336. The first-order chi connectivity index (χ1) is 6.91. The Hall–Kier alpha value is -2.17. The zero-order chi connectivity index (χ0) is 11.6. The number of phenols is 3. The van der Waals surface area contributed by atoms with Gasteiger partial charge in [0, 0.05) is 23.4 Å². The van der Waals surface area contributed by atoms with Crippen LogP contribution < -0.4 is 5.32 Å². The van der Waals surface area contributed by atoms with Crippen molar-refractivity contribution in [2.75, 3.05) is 5.32 Å². The molecule has 0 bridgehead atoms. The van der Waals surface area contributed by atoms with Gasteiger partial charge in [0.2, 0.25) is 0 Å². The van der Waals surface area contributed by atoms with Crippen LogP contribution in [0.3, 0.4) is 0 Å². The third-order valence-electron chi connectivity index (χ3n) is 1.72. The molecule has 1 rings (SSSR count). The Kier molecular flexibility index (Phi) is 2.85. The van der Waals surface area contributed by atoms with Crippen LogP contribution >= 0.6 is 0 Å². The number of aromatic hydroxyl groups is 3. The zero-order valence-corrected chi connectivity index (χ0v) is 8.11. The number of nitrogens with one attached hydrogen (secondary N) is 1. The summed E-state index contributed by atoms with van der Waals surface area (Å²) in [5.41, 5.74) is 0.470. The first-order valence-corrected chi connectivity index (χ1v) is 4.13. The van der Waals surface area contributed by atoms with E-state index in [0.29, 0.717) is 5.57 Å². The van der Waals surface area contributed by atoms with Crippen LogP contribution in [0.4, 0.5) is 5.69 Å². The Morgan fingerprint density at radius 2 is 1.73 bits per heavy atom. The van der Waals surface area contributed by atoms with Crippen molar-refractivity contribution in [3.8, 4) is 17.2 Å². The van der Waals surface area contributed by atoms with Gasteiger partial charge in [-0.25, -0.2) is 0 Å². The standard InChI is InChI=1S/C10H11NO4/c1-5(2)10(15)11-6-3-7(12)9(14)8(13)4-6/h3-4,12-14H,1H2,2H3,(H,11,15). The van der Waals surface area contributed by atoms with Gasteiger partial charge in [0.25, 0.3) is 5.91 Å². The Morgan fingerprint density at radius 1 is 1.27 bits per heavy atom. The first kappa shape index (κ1) is 10.9. The highest BCUT2D eigenvalue weighted by atomic mass is 16.3. The number of carbonyl (C=O) groups excluding carboxylic acids is 1. The molecule has 0 aliphatic carbocycles. The molecule has 0 saturated carbocycles. The summed E-state index contributed by atoms with van der Waals surface area (Å²) in [5.74, 6) is -2.07. The van der Waals surface area contributed by atoms with Crippen molar-refractivity contribution < 1.29 is 20.1 Å². The molecule has 80 valence electrons. The normalized spacial score (nSPS) is 9.67. The lowest BCUT2D eigenvalue weighted by molar-refractivity contribution is -0.112. The van der Waals surface area contributed by atoms with Gasteiger partial charge >= 0.3 is 0 Å². The molecule has 5 nitrogen and oxygen atoms in total. The summed E-state index contributed by atoms with van der Waals surface area (Å²) < 4.78 is 0. The summed E-state index contributed by atoms with van der Waals surface area (Å²) in [6, 6.07) is 2.24. The number of rotatable bonds is 2. The van der Waals surface area contributed by atoms with Crippen molar-refractivity contribution in [1.29, 1.82) is 0 Å². The molecule has 0 aliphatic rings. The third kappa shape index (κ3) is 2.40. The average molecular weight is 209 g/mol. The molecule has 0 aromatic heterocycles. The molecule has 0 aliphatic heterocycles. The lowest BCUT2D eigenvalue weighted by Gasteiger charge is -2.07. The van der Waals surface area contributed by atoms with Crippen LogP contribution in [0.15, 0.2) is 24.3 Å². The second-order valence-electron chi connectivity index (χ2n) is 3.10. The van der Waals surface area contributed by atoms with E-state index in [4.69, 9.17) is 15.3 Å². The Bertz CT molecular complexity index is 402. The summed E-state index contributed by atoms with van der Waals surface area (Å²) in [6.45, 7) is 4.95. The van der Waals surface area contributed by atoms with Crippen LogP contribution in [-0.4, -0.2) is 21.2 Å². The van der Waals surface area contributed by atoms with E-state index in [2.05, 4.69) is 11.9 Å². The van der Waals surface area contributed by atoms with E-state index in [9.17, 15) is 4.79 Å². The van der Waals surface area contributed by atoms with Gasteiger partial charge in [0.15, 0.2) is 17.2 Å². The van der Waals surface area contributed by atoms with E-state index in [-0.39, 0.29) is 5.69 Å². The number of anilines is 1. The molecular formula is C10H11NO4. The molecule has 0 heterocycles. The van der Waals surface area contributed by atoms with Crippen molar-refractivity contribution >= 4 is 11.6 Å². The monoisotopic (exact) mass is 209 g/mol. The van der Waals surface area contributed by atoms with Crippen molar-refractivity contribution in [2.45, 2.75) is 6.92 Å². The van der Waals surface area contributed by atoms with E-state index in [1.54, 1.807) is 0 Å². The van der Waals surface area contributed by atoms with Gasteiger partial charge in [-0.05, 0) is 6.92 Å². The van der Waals surface area contributed by atoms with Gasteiger partial charge in [-0.3, -0.25) is 4.79 Å². The van der Waals surface area contributed by atoms with Gasteiger partial charge in [0.05, 0.1) is 0 Å². The second kappa shape index (κ2) is 3.91. The van der Waals surface area contributed by atoms with Crippen LogP contribution in [-0.2, 0) is 4.79 Å². The minimum Gasteiger partial charge on any atom is -0.504 e. The molecule has 0 atom stereocenters. The predicted molar refractivity (Wildman–Crippen MR) is 54.9 cm³/mol. The highest BCUT2D eigenvalue weighted by Crippen LogP contribution is 2.37. The molecule has 15 heavy (non-hydrogen) atoms. The van der Waals surface area contributed by atoms with E-state index in [1.165, 1.54) is 6.92 Å². The molecule has 0 fully saturated rings. The fourth-order valence-electron chi connectivity index (χ4n) is 0.914. The number of phenolic OH excluding ortho intramolecular Hbond substituents is 3. The van der Waals surface area contributed by atoms with Gasteiger partial charge in [0.1, 0.15) is 0 Å². The van der Waals surface area contributed by atoms with Crippen LogP contribution in [0, 0.1) is 0 Å². The third-order valence-corrected chi connectivity index (χ3v) is 1.72. The summed E-state index contributed by atoms with van der Waals surface area (Å²) in [5, 5.41) is 29.7. The maximum atomic E-state index is 11.2. The first-order valence-electron chi connectivity index (χ1n) is 4.13. The van der Waals surface area contributed by atoms with E-state index in [0.717, 1.165) is 12.1 Å². The summed E-state index contributed by atoms with van der Waals surface area (Å²) >= 11 is 0. The van der Waals surface area contributed by atoms with Crippen molar-refractivity contribution in [1.82, 2.24) is 0 Å². The number of amides is 1. The molecule has 1 aromatic rings. The molecule has 0 unspecified atom stereocenters. The minimum absolute atomic E-state index is 0.177. The average Bonchev–Trinajstić information content (AvgIpc) is 2.13. The van der Waals surface area contributed by atoms with Crippen LogP contribution in [0.5, 0.6) is 17.2 Å². The smallest absolute Gasteiger partial charge is 0.250 e. The van der Waals surface area contributed by atoms with E-state index in [1.807, 2.05) is 0 Å². The zero-order valence-electron chi connectivity index (χ0n) is 8.11. The highest BCUT2D eigenvalue weighted by molar-refractivity contribution is 6.03. The molecule has 0 spiro atoms. The maximum Gasteiger partial charge on any atom is 0.250 e. The van der Waals surface area contributed by atoms with Gasteiger partial charge in [-0.15, -0.1) is 0 Å². The lowest BCUT2D eigenvalue weighted by Crippen LogP contribution is -2.11. The molecule has 0 radical (unpaired) electrons. The molecule has 1 amide bonds. The summed E-state index contributed by atoms with van der Waals surface area (Å²) in [7, 11) is 0. The van der Waals surface area contributed by atoms with Crippen molar-refractivity contribution in [3.05, 3.63) is 24.3 Å². The minimum atomic E-state index is -0.622. The molecular weight excluding hydrogens is 198 g/mol. The Morgan fingerprint density at radius 3 is 2.13 bits per heavy atom. The number of carbonyl (C=O) groups is 1. The van der Waals surface area contributed by atoms with Crippen molar-refractivity contribution in [2.24, 2.45) is 0 Å². The topological polar surface area (TPSA) is 89.8 Å². The highest BCUT2D eigenvalue weighted by Gasteiger charge is 2.10. The number of hydrogen-bond donors (Lipinski definition) is 4. The van der Waals surface area contributed by atoms with Crippen LogP contribution in [0.1, 0.15) is 6.92 Å². The number of benzene rings is 1. The van der Waals surface area contributed by atoms with E-state index >= 15 is 0 Å². The van der Waals surface area contributed by atoms with E-state index < -0.39 is 23.2 Å². The van der Waals surface area contributed by atoms with Gasteiger partial charge in [-0.1, -0.05) is 6.58 Å². The molecule has 1 aromatic carbocycles. The predicted octanol–water partition coefficient (Wildman–Crippen LogP) is 1.32. The maximum absolute atomic E-state index is 11.2. The number of hydrogen-bond acceptors (Lipinski definition) is 4. The van der Waals surface area contributed by atoms with Gasteiger partial charge in [-0.2, -0.15) is 0 Å². The lowest BCUT2D eigenvalue weighted by atomic mass is 10.2. The SMILES string of the molecule is C=C(C)C(=O)Nc1cc(O)c(O)c(O)c1. The molecule has 0 saturated heterocycles. The Balaban J connectivity index is 2.98. The van der Waals surface area contributed by atoms with Crippen LogP contribution in [0.2, 0.25) is 0 Å². The summed E-state index contributed by atoms with van der Waals surface area (Å²) in [6.07, 6.45) is 0. The van der Waals surface area contributed by atoms with Crippen molar-refractivity contribution in [3.63, 3.8) is 0 Å². The summed E-state index contributed by atoms with van der Waals surface area (Å²) in [4.78, 5) is 11.2. The fraction of sp³-hybridized carbons (Fsp3) is 0.100. The fourth-order valence-corrected chi connectivity index (χ4v) is 0.914. The van der Waals surface area contributed by atoms with Crippen LogP contribution in [0.25, 0.3) is 0 Å². The molecule has 5 heteroatoms.